The highest BCUT2D eigenvalue weighted by Crippen LogP contribution is 2.68. The number of hydrogen-bond acceptors (Lipinski definition) is 5. The van der Waals surface area contributed by atoms with E-state index in [0.29, 0.717) is 6.54 Å². The fourth-order valence-electron chi connectivity index (χ4n) is 6.20. The first kappa shape index (κ1) is 24.1. The van der Waals surface area contributed by atoms with Crippen LogP contribution >= 0.6 is 11.8 Å². The van der Waals surface area contributed by atoms with Crippen LogP contribution in [-0.2, 0) is 20.9 Å². The summed E-state index contributed by atoms with van der Waals surface area (Å²) in [7, 11) is 0. The molecule has 8 heteroatoms. The largest absolute Gasteiger partial charge is 0.395 e. The van der Waals surface area contributed by atoms with Gasteiger partial charge in [-0.25, -0.2) is 0 Å². The van der Waals surface area contributed by atoms with Crippen LogP contribution in [0.15, 0.2) is 30.3 Å². The minimum absolute atomic E-state index is 0.00732. The number of carbonyl (C=O) groups is 3. The second-order valence-corrected chi connectivity index (χ2v) is 11.3. The number of nitrogens with one attached hydrogen (secondary N) is 2. The van der Waals surface area contributed by atoms with Crippen LogP contribution in [0.25, 0.3) is 0 Å². The number of rotatable bonds is 9. The lowest BCUT2D eigenvalue weighted by atomic mass is 9.66. The van der Waals surface area contributed by atoms with Crippen molar-refractivity contribution in [1.82, 2.24) is 15.5 Å². The number of hydrogen-bond donors (Lipinski definition) is 3. The second kappa shape index (κ2) is 9.66. The molecule has 3 aliphatic rings. The molecule has 3 saturated heterocycles. The molecule has 7 atom stereocenters. The van der Waals surface area contributed by atoms with Gasteiger partial charge in [0, 0.05) is 24.4 Å². The first-order chi connectivity index (χ1) is 15.8. The van der Waals surface area contributed by atoms with Crippen molar-refractivity contribution in [2.75, 3.05) is 13.2 Å². The molecule has 4 unspecified atom stereocenters. The number of β-amino-alcohol motifs (C(OH)–C–C–N with tert-alkyl or cyclic N) is 1. The number of aliphatic hydroxyl groups excluding tert-OH is 1. The summed E-state index contributed by atoms with van der Waals surface area (Å²) in [5, 5.41) is 15.8. The third kappa shape index (κ3) is 4.05. The molecule has 3 aliphatic heterocycles. The van der Waals surface area contributed by atoms with Gasteiger partial charge in [0.25, 0.3) is 0 Å². The molecule has 3 amide bonds. The predicted octanol–water partition coefficient (Wildman–Crippen LogP) is 1.94. The van der Waals surface area contributed by atoms with E-state index in [2.05, 4.69) is 24.5 Å². The molecule has 2 bridgehead atoms. The van der Waals surface area contributed by atoms with Crippen LogP contribution in [0.2, 0.25) is 0 Å². The summed E-state index contributed by atoms with van der Waals surface area (Å²) in [6.07, 6.45) is 2.62. The van der Waals surface area contributed by atoms with Gasteiger partial charge in [-0.05, 0) is 31.2 Å². The molecule has 0 aliphatic carbocycles. The molecule has 4 rings (SSSR count). The normalized spacial score (nSPS) is 33.2. The predicted molar refractivity (Wildman–Crippen MR) is 128 cm³/mol. The molecule has 0 aromatic heterocycles. The summed E-state index contributed by atoms with van der Waals surface area (Å²) in [6, 6.07) is 9.05. The van der Waals surface area contributed by atoms with E-state index < -0.39 is 22.6 Å². The Labute approximate surface area is 200 Å². The summed E-state index contributed by atoms with van der Waals surface area (Å²) in [5.74, 6) is -1.34. The highest BCUT2D eigenvalue weighted by atomic mass is 32.2. The van der Waals surface area contributed by atoms with Gasteiger partial charge in [0.15, 0.2) is 0 Å². The Morgan fingerprint density at radius 3 is 2.67 bits per heavy atom. The van der Waals surface area contributed by atoms with Gasteiger partial charge in [0.1, 0.15) is 6.04 Å². The fraction of sp³-hybridized carbons (Fsp3) is 0.640. The van der Waals surface area contributed by atoms with Gasteiger partial charge in [-0.2, -0.15) is 0 Å². The van der Waals surface area contributed by atoms with Crippen molar-refractivity contribution >= 4 is 29.5 Å². The second-order valence-electron chi connectivity index (χ2n) is 9.71. The maximum absolute atomic E-state index is 13.7. The topological polar surface area (TPSA) is 98.7 Å². The summed E-state index contributed by atoms with van der Waals surface area (Å²) < 4.78 is -0.637. The minimum Gasteiger partial charge on any atom is -0.395 e. The van der Waals surface area contributed by atoms with Crippen molar-refractivity contribution in [2.24, 2.45) is 17.8 Å². The number of nitrogens with zero attached hydrogens (tertiary/aromatic N) is 1. The lowest BCUT2D eigenvalue weighted by molar-refractivity contribution is -0.140. The van der Waals surface area contributed by atoms with Gasteiger partial charge in [-0.3, -0.25) is 14.4 Å². The van der Waals surface area contributed by atoms with Crippen LogP contribution in [-0.4, -0.2) is 63.0 Å². The van der Waals surface area contributed by atoms with E-state index in [1.807, 2.05) is 37.3 Å². The van der Waals surface area contributed by atoms with Gasteiger partial charge in [0.05, 0.1) is 23.2 Å². The van der Waals surface area contributed by atoms with Crippen molar-refractivity contribution < 1.29 is 19.5 Å². The van der Waals surface area contributed by atoms with Gasteiger partial charge < -0.3 is 20.6 Å². The monoisotopic (exact) mass is 473 g/mol. The highest BCUT2D eigenvalue weighted by Gasteiger charge is 2.75. The van der Waals surface area contributed by atoms with E-state index in [-0.39, 0.29) is 48.1 Å². The molecular formula is C25H35N3O4S. The Kier molecular flexibility index (Phi) is 7.05. The van der Waals surface area contributed by atoms with E-state index in [0.717, 1.165) is 24.8 Å². The number of likely N-dealkylation sites (tertiary alicyclic amines) is 1. The molecule has 1 spiro atoms. The quantitative estimate of drug-likeness (QED) is 0.509. The van der Waals surface area contributed by atoms with Crippen LogP contribution in [0.5, 0.6) is 0 Å². The van der Waals surface area contributed by atoms with Crippen molar-refractivity contribution in [3.05, 3.63) is 35.9 Å². The fourth-order valence-corrected chi connectivity index (χ4v) is 8.62. The molecular weight excluding hydrogens is 438 g/mol. The average molecular weight is 474 g/mol. The van der Waals surface area contributed by atoms with Gasteiger partial charge in [-0.1, -0.05) is 50.6 Å². The number of aliphatic hydroxyl groups is 1. The molecule has 3 heterocycles. The van der Waals surface area contributed by atoms with Gasteiger partial charge in [-0.15, -0.1) is 11.8 Å². The molecule has 33 heavy (non-hydrogen) atoms. The Bertz CT molecular complexity index is 897. The highest BCUT2D eigenvalue weighted by molar-refractivity contribution is 8.02. The lowest BCUT2D eigenvalue weighted by Crippen LogP contribution is -2.57. The number of carbonyl (C=O) groups excluding carboxylic acids is 3. The van der Waals surface area contributed by atoms with Crippen LogP contribution < -0.4 is 10.6 Å². The molecule has 3 N–H and O–H groups in total. The number of amides is 3. The number of fused-ring (bicyclic) bond motifs is 1. The third-order valence-electron chi connectivity index (χ3n) is 7.56. The van der Waals surface area contributed by atoms with Crippen molar-refractivity contribution in [3.8, 4) is 0 Å². The van der Waals surface area contributed by atoms with Crippen LogP contribution in [0.1, 0.15) is 45.6 Å². The molecule has 0 radical (unpaired) electrons. The average Bonchev–Trinajstić information content (AvgIpc) is 3.37. The third-order valence-corrected chi connectivity index (χ3v) is 9.63. The number of thioether (sulfide) groups is 1. The van der Waals surface area contributed by atoms with E-state index >= 15 is 0 Å². The molecule has 1 aromatic carbocycles. The Morgan fingerprint density at radius 1 is 1.27 bits per heavy atom. The first-order valence-electron chi connectivity index (χ1n) is 12.1. The summed E-state index contributed by atoms with van der Waals surface area (Å²) in [6.45, 7) is 6.46. The van der Waals surface area contributed by atoms with E-state index in [1.165, 1.54) is 0 Å². The van der Waals surface area contributed by atoms with Crippen molar-refractivity contribution in [2.45, 2.75) is 68.7 Å². The van der Waals surface area contributed by atoms with E-state index in [9.17, 15) is 19.5 Å². The number of benzene rings is 1. The Hall–Kier alpha value is -2.06. The lowest BCUT2D eigenvalue weighted by Gasteiger charge is -2.39. The maximum Gasteiger partial charge on any atom is 0.244 e. The van der Waals surface area contributed by atoms with Crippen LogP contribution in [0.4, 0.5) is 0 Å². The summed E-state index contributed by atoms with van der Waals surface area (Å²) in [5.41, 5.74) is 1.01. The summed E-state index contributed by atoms with van der Waals surface area (Å²) in [4.78, 5) is 42.1. The standard InChI is InChI=1S/C25H35N3O4S/c1-4-8-16(3)27-23(31)21-25-15(2)13-18(33-25)19(20(25)24(32)28(21)11-12-29)22(30)26-14-17-9-6-5-7-10-17/h5-7,9-10,15-16,18-21,29H,4,8,11-14H2,1-3H3,(H,26,30)(H,27,31)/t15?,16?,18-,19+,20+,21?,25?/m1/s1. The van der Waals surface area contributed by atoms with Crippen molar-refractivity contribution in [1.29, 1.82) is 0 Å². The van der Waals surface area contributed by atoms with Crippen LogP contribution in [0, 0.1) is 17.8 Å². The smallest absolute Gasteiger partial charge is 0.244 e. The zero-order valence-corrected chi connectivity index (χ0v) is 20.4. The first-order valence-corrected chi connectivity index (χ1v) is 12.9. The molecule has 3 fully saturated rings. The zero-order chi connectivity index (χ0) is 23.8. The van der Waals surface area contributed by atoms with Crippen molar-refractivity contribution in [3.63, 3.8) is 0 Å². The van der Waals surface area contributed by atoms with Gasteiger partial charge >= 0.3 is 0 Å². The molecule has 0 saturated carbocycles. The Balaban J connectivity index is 1.61. The van der Waals surface area contributed by atoms with Gasteiger partial charge in [0.2, 0.25) is 17.7 Å². The molecule has 1 aromatic rings. The SMILES string of the molecule is CCCC(C)NC(=O)C1N(CCO)C(=O)[C@@H]2[C@@H](C(=O)NCc3ccccc3)[C@H]3CC(C)C12S3. The summed E-state index contributed by atoms with van der Waals surface area (Å²) >= 11 is 1.66. The zero-order valence-electron chi connectivity index (χ0n) is 19.6. The van der Waals surface area contributed by atoms with E-state index in [4.69, 9.17) is 0 Å². The maximum atomic E-state index is 13.7. The van der Waals surface area contributed by atoms with Crippen LogP contribution in [0.3, 0.4) is 0 Å². The Morgan fingerprint density at radius 2 is 2.00 bits per heavy atom. The molecule has 7 nitrogen and oxygen atoms in total. The van der Waals surface area contributed by atoms with E-state index in [1.54, 1.807) is 16.7 Å². The molecule has 180 valence electrons. The minimum atomic E-state index is -0.668.